The van der Waals surface area contributed by atoms with Crippen LogP contribution in [0.5, 0.6) is 11.5 Å². The number of ether oxygens (including phenoxy) is 2. The number of carbonyl (C=O) groups is 1. The van der Waals surface area contributed by atoms with E-state index < -0.39 is 0 Å². The fourth-order valence-electron chi connectivity index (χ4n) is 2.12. The van der Waals surface area contributed by atoms with Crippen molar-refractivity contribution in [2.24, 2.45) is 0 Å². The Morgan fingerprint density at radius 3 is 3.00 bits per heavy atom. The van der Waals surface area contributed by atoms with Crippen LogP contribution in [-0.2, 0) is 4.79 Å². The van der Waals surface area contributed by atoms with Gasteiger partial charge in [-0.15, -0.1) is 0 Å². The highest BCUT2D eigenvalue weighted by Gasteiger charge is 2.22. The molecule has 2 rings (SSSR count). The second-order valence-corrected chi connectivity index (χ2v) is 4.95. The minimum atomic E-state index is -0.100. The smallest absolute Gasteiger partial charge is 0.234 e. The number of likely N-dealkylation sites (N-methyl/N-ethyl adjacent to an activating group) is 1. The number of fused-ring (bicyclic) bond motifs is 1. The van der Waals surface area contributed by atoms with Crippen molar-refractivity contribution in [2.75, 3.05) is 33.3 Å². The first-order valence-corrected chi connectivity index (χ1v) is 6.89. The second-order valence-electron chi connectivity index (χ2n) is 4.95. The molecule has 1 unspecified atom stereocenters. The Kier molecular flexibility index (Phi) is 5.41. The second kappa shape index (κ2) is 7.50. The van der Waals surface area contributed by atoms with Gasteiger partial charge in [-0.2, -0.15) is 5.26 Å². The molecule has 1 aromatic rings. The molecule has 1 amide bonds. The number of nitrogens with one attached hydrogen (secondary N) is 1. The van der Waals surface area contributed by atoms with Gasteiger partial charge in [-0.05, 0) is 19.2 Å². The van der Waals surface area contributed by atoms with E-state index in [2.05, 4.69) is 5.32 Å². The Bertz CT molecular complexity index is 527. The normalized spacial score (nSPS) is 16.3. The molecular formula is C15H19N3O3. The van der Waals surface area contributed by atoms with Crippen LogP contribution in [0, 0.1) is 11.3 Å². The Labute approximate surface area is 124 Å². The first-order chi connectivity index (χ1) is 10.2. The van der Waals surface area contributed by atoms with Crippen LogP contribution in [0.1, 0.15) is 6.42 Å². The third-order valence-corrected chi connectivity index (χ3v) is 3.06. The van der Waals surface area contributed by atoms with Crippen LogP contribution < -0.4 is 14.8 Å². The molecule has 6 heteroatoms. The SMILES string of the molecule is CN(CC(=O)NCCC#N)CC1COc2ccccc2O1. The number of hydrogen-bond acceptors (Lipinski definition) is 5. The first kappa shape index (κ1) is 15.1. The van der Waals surface area contributed by atoms with Crippen LogP contribution >= 0.6 is 0 Å². The third kappa shape index (κ3) is 4.65. The maximum atomic E-state index is 11.6. The maximum absolute atomic E-state index is 11.6. The van der Waals surface area contributed by atoms with Crippen molar-refractivity contribution >= 4 is 5.91 Å². The molecule has 0 aromatic heterocycles. The molecule has 0 saturated carbocycles. The van der Waals surface area contributed by atoms with Crippen molar-refractivity contribution in [2.45, 2.75) is 12.5 Å². The van der Waals surface area contributed by atoms with E-state index in [4.69, 9.17) is 14.7 Å². The number of para-hydroxylation sites is 2. The van der Waals surface area contributed by atoms with Crippen molar-refractivity contribution in [3.8, 4) is 17.6 Å². The molecule has 0 bridgehead atoms. The zero-order valence-corrected chi connectivity index (χ0v) is 12.0. The van der Waals surface area contributed by atoms with Crippen molar-refractivity contribution in [1.29, 1.82) is 5.26 Å². The number of amides is 1. The summed E-state index contributed by atoms with van der Waals surface area (Å²) >= 11 is 0. The van der Waals surface area contributed by atoms with Gasteiger partial charge in [-0.3, -0.25) is 9.69 Å². The Hall–Kier alpha value is -2.26. The van der Waals surface area contributed by atoms with Gasteiger partial charge in [0.15, 0.2) is 11.5 Å². The Morgan fingerprint density at radius 2 is 2.24 bits per heavy atom. The molecule has 21 heavy (non-hydrogen) atoms. The molecule has 1 aliphatic rings. The minimum absolute atomic E-state index is 0.0927. The first-order valence-electron chi connectivity index (χ1n) is 6.89. The number of carbonyl (C=O) groups excluding carboxylic acids is 1. The Morgan fingerprint density at radius 1 is 1.48 bits per heavy atom. The van der Waals surface area contributed by atoms with Gasteiger partial charge in [0.05, 0.1) is 19.0 Å². The lowest BCUT2D eigenvalue weighted by molar-refractivity contribution is -0.122. The zero-order valence-electron chi connectivity index (χ0n) is 12.0. The summed E-state index contributed by atoms with van der Waals surface area (Å²) in [6.07, 6.45) is 0.225. The topological polar surface area (TPSA) is 74.6 Å². The summed E-state index contributed by atoms with van der Waals surface area (Å²) in [5.41, 5.74) is 0. The highest BCUT2D eigenvalue weighted by molar-refractivity contribution is 5.77. The van der Waals surface area contributed by atoms with Crippen LogP contribution in [0.2, 0.25) is 0 Å². The molecule has 1 atom stereocenters. The third-order valence-electron chi connectivity index (χ3n) is 3.06. The van der Waals surface area contributed by atoms with Crippen molar-refractivity contribution < 1.29 is 14.3 Å². The number of hydrogen-bond donors (Lipinski definition) is 1. The van der Waals surface area contributed by atoms with Gasteiger partial charge in [0, 0.05) is 13.1 Å². The van der Waals surface area contributed by atoms with E-state index in [0.717, 1.165) is 11.5 Å². The monoisotopic (exact) mass is 289 g/mol. The van der Waals surface area contributed by atoms with Gasteiger partial charge in [0.1, 0.15) is 12.7 Å². The summed E-state index contributed by atoms with van der Waals surface area (Å²) in [6.45, 7) is 1.73. The van der Waals surface area contributed by atoms with Crippen LogP contribution in [0.3, 0.4) is 0 Å². The summed E-state index contributed by atoms with van der Waals surface area (Å²) in [5, 5.41) is 11.1. The standard InChI is InChI=1S/C15H19N3O3/c1-18(10-15(19)17-8-4-7-16)9-12-11-20-13-5-2-3-6-14(13)21-12/h2-3,5-6,12H,4,8-11H2,1H3,(H,17,19). The van der Waals surface area contributed by atoms with E-state index in [1.165, 1.54) is 0 Å². The van der Waals surface area contributed by atoms with E-state index >= 15 is 0 Å². The predicted molar refractivity (Wildman–Crippen MR) is 77.1 cm³/mol. The maximum Gasteiger partial charge on any atom is 0.234 e. The lowest BCUT2D eigenvalue weighted by Crippen LogP contribution is -2.43. The zero-order chi connectivity index (χ0) is 15.1. The molecule has 0 saturated heterocycles. The molecule has 112 valence electrons. The summed E-state index contributed by atoms with van der Waals surface area (Å²) in [7, 11) is 1.85. The summed E-state index contributed by atoms with van der Waals surface area (Å²) in [6, 6.07) is 9.53. The van der Waals surface area contributed by atoms with Gasteiger partial charge in [-0.1, -0.05) is 12.1 Å². The quantitative estimate of drug-likeness (QED) is 0.784. The van der Waals surface area contributed by atoms with Crippen molar-refractivity contribution in [3.63, 3.8) is 0 Å². The van der Waals surface area contributed by atoms with E-state index in [1.807, 2.05) is 42.3 Å². The van der Waals surface area contributed by atoms with Crippen molar-refractivity contribution in [3.05, 3.63) is 24.3 Å². The van der Waals surface area contributed by atoms with Gasteiger partial charge in [0.25, 0.3) is 0 Å². The van der Waals surface area contributed by atoms with E-state index in [-0.39, 0.29) is 18.6 Å². The van der Waals surface area contributed by atoms with E-state index in [0.29, 0.717) is 26.1 Å². The van der Waals surface area contributed by atoms with Crippen LogP contribution in [0.4, 0.5) is 0 Å². The lowest BCUT2D eigenvalue weighted by Gasteiger charge is -2.29. The number of rotatable bonds is 6. The average molecular weight is 289 g/mol. The fourth-order valence-corrected chi connectivity index (χ4v) is 2.12. The molecule has 0 spiro atoms. The van der Waals surface area contributed by atoms with Crippen LogP contribution in [0.25, 0.3) is 0 Å². The molecule has 1 heterocycles. The number of nitriles is 1. The molecule has 1 N–H and O–H groups in total. The average Bonchev–Trinajstić information content (AvgIpc) is 2.47. The number of benzene rings is 1. The van der Waals surface area contributed by atoms with E-state index in [1.54, 1.807) is 0 Å². The molecule has 0 radical (unpaired) electrons. The predicted octanol–water partition coefficient (Wildman–Crippen LogP) is 0.788. The summed E-state index contributed by atoms with van der Waals surface area (Å²) < 4.78 is 11.5. The molecule has 1 aliphatic heterocycles. The fraction of sp³-hybridized carbons (Fsp3) is 0.467. The van der Waals surface area contributed by atoms with Crippen molar-refractivity contribution in [1.82, 2.24) is 10.2 Å². The highest BCUT2D eigenvalue weighted by atomic mass is 16.6. The molecule has 6 nitrogen and oxygen atoms in total. The molecule has 1 aromatic carbocycles. The number of nitrogens with zero attached hydrogens (tertiary/aromatic N) is 2. The van der Waals surface area contributed by atoms with Crippen LogP contribution in [-0.4, -0.2) is 50.2 Å². The van der Waals surface area contributed by atoms with Crippen LogP contribution in [0.15, 0.2) is 24.3 Å². The minimum Gasteiger partial charge on any atom is -0.486 e. The Balaban J connectivity index is 1.75. The lowest BCUT2D eigenvalue weighted by atomic mass is 10.2. The largest absolute Gasteiger partial charge is 0.486 e. The van der Waals surface area contributed by atoms with Gasteiger partial charge < -0.3 is 14.8 Å². The summed E-state index contributed by atoms with van der Waals surface area (Å²) in [5.74, 6) is 1.40. The van der Waals surface area contributed by atoms with E-state index in [9.17, 15) is 4.79 Å². The van der Waals surface area contributed by atoms with Gasteiger partial charge >= 0.3 is 0 Å². The molecule has 0 fully saturated rings. The van der Waals surface area contributed by atoms with Gasteiger partial charge in [-0.25, -0.2) is 0 Å². The molecule has 0 aliphatic carbocycles. The molecular weight excluding hydrogens is 270 g/mol. The highest BCUT2D eigenvalue weighted by Crippen LogP contribution is 2.30. The van der Waals surface area contributed by atoms with Gasteiger partial charge in [0.2, 0.25) is 5.91 Å². The summed E-state index contributed by atoms with van der Waals surface area (Å²) in [4.78, 5) is 13.5.